The van der Waals surface area contributed by atoms with Crippen LogP contribution in [0.4, 0.5) is 0 Å². The summed E-state index contributed by atoms with van der Waals surface area (Å²) in [7, 11) is 0. The number of hydrogen-bond acceptors (Lipinski definition) is 4. The quantitative estimate of drug-likeness (QED) is 0.910. The van der Waals surface area contributed by atoms with Gasteiger partial charge in [-0.25, -0.2) is 0 Å². The van der Waals surface area contributed by atoms with Crippen molar-refractivity contribution < 1.29 is 9.47 Å². The molecule has 0 aromatic heterocycles. The normalized spacial score (nSPS) is 25.0. The van der Waals surface area contributed by atoms with Gasteiger partial charge in [-0.15, -0.1) is 11.8 Å². The molecule has 3 rings (SSSR count). The molecule has 0 radical (unpaired) electrons. The van der Waals surface area contributed by atoms with Gasteiger partial charge in [-0.05, 0) is 30.7 Å². The zero-order valence-corrected chi connectivity index (χ0v) is 11.7. The monoisotopic (exact) mass is 265 g/mol. The third-order valence-electron chi connectivity index (χ3n) is 3.49. The Balaban J connectivity index is 1.98. The first-order valence-corrected chi connectivity index (χ1v) is 7.55. The van der Waals surface area contributed by atoms with Crippen LogP contribution in [0.1, 0.15) is 31.9 Å². The SMILES string of the molecule is CCNC1c2cc3c(cc2SC1CC)OCCO3. The molecule has 1 aromatic rings. The summed E-state index contributed by atoms with van der Waals surface area (Å²) in [5, 5.41) is 4.21. The van der Waals surface area contributed by atoms with Crippen molar-refractivity contribution in [3.8, 4) is 11.5 Å². The van der Waals surface area contributed by atoms with Gasteiger partial charge >= 0.3 is 0 Å². The zero-order valence-electron chi connectivity index (χ0n) is 10.9. The van der Waals surface area contributed by atoms with E-state index < -0.39 is 0 Å². The van der Waals surface area contributed by atoms with E-state index >= 15 is 0 Å². The number of thioether (sulfide) groups is 1. The molecular formula is C14H19NO2S. The van der Waals surface area contributed by atoms with Gasteiger partial charge in [-0.3, -0.25) is 0 Å². The second-order valence-corrected chi connectivity index (χ2v) is 5.91. The van der Waals surface area contributed by atoms with Crippen LogP contribution in [0.2, 0.25) is 0 Å². The molecule has 0 fully saturated rings. The second kappa shape index (κ2) is 5.02. The summed E-state index contributed by atoms with van der Waals surface area (Å²) in [4.78, 5) is 1.34. The molecule has 2 unspecified atom stereocenters. The molecule has 0 amide bonds. The van der Waals surface area contributed by atoms with Crippen molar-refractivity contribution >= 4 is 11.8 Å². The van der Waals surface area contributed by atoms with Gasteiger partial charge < -0.3 is 14.8 Å². The van der Waals surface area contributed by atoms with Crippen molar-refractivity contribution in [3.63, 3.8) is 0 Å². The first kappa shape index (κ1) is 12.2. The fourth-order valence-corrected chi connectivity index (χ4v) is 4.01. The van der Waals surface area contributed by atoms with Crippen LogP contribution in [0.3, 0.4) is 0 Å². The molecular weight excluding hydrogens is 246 g/mol. The highest BCUT2D eigenvalue weighted by Gasteiger charge is 2.33. The van der Waals surface area contributed by atoms with E-state index in [0.29, 0.717) is 24.5 Å². The maximum Gasteiger partial charge on any atom is 0.162 e. The van der Waals surface area contributed by atoms with Crippen LogP contribution >= 0.6 is 11.8 Å². The lowest BCUT2D eigenvalue weighted by molar-refractivity contribution is 0.170. The summed E-state index contributed by atoms with van der Waals surface area (Å²) >= 11 is 1.96. The molecule has 4 heteroatoms. The lowest BCUT2D eigenvalue weighted by Gasteiger charge is -2.21. The smallest absolute Gasteiger partial charge is 0.162 e. The molecule has 1 N–H and O–H groups in total. The predicted molar refractivity (Wildman–Crippen MR) is 73.8 cm³/mol. The predicted octanol–water partition coefficient (Wildman–Crippen LogP) is 2.99. The molecule has 1 aromatic carbocycles. The van der Waals surface area contributed by atoms with Crippen LogP contribution in [0.15, 0.2) is 17.0 Å². The molecule has 2 heterocycles. The lowest BCUT2D eigenvalue weighted by Crippen LogP contribution is -2.26. The molecule has 98 valence electrons. The zero-order chi connectivity index (χ0) is 12.5. The Bertz CT molecular complexity index is 450. The molecule has 2 atom stereocenters. The second-order valence-electron chi connectivity index (χ2n) is 4.63. The van der Waals surface area contributed by atoms with Gasteiger partial charge in [0, 0.05) is 16.2 Å². The molecule has 3 nitrogen and oxygen atoms in total. The number of benzene rings is 1. The highest BCUT2D eigenvalue weighted by Crippen LogP contribution is 2.49. The molecule has 0 spiro atoms. The fraction of sp³-hybridized carbons (Fsp3) is 0.571. The van der Waals surface area contributed by atoms with Gasteiger partial charge in [-0.2, -0.15) is 0 Å². The topological polar surface area (TPSA) is 30.5 Å². The van der Waals surface area contributed by atoms with Crippen molar-refractivity contribution in [2.45, 2.75) is 36.5 Å². The number of fused-ring (bicyclic) bond motifs is 2. The first-order valence-electron chi connectivity index (χ1n) is 6.67. The van der Waals surface area contributed by atoms with E-state index in [1.807, 2.05) is 11.8 Å². The summed E-state index contributed by atoms with van der Waals surface area (Å²) < 4.78 is 11.3. The summed E-state index contributed by atoms with van der Waals surface area (Å²) in [6.45, 7) is 6.72. The fourth-order valence-electron chi connectivity index (χ4n) is 2.64. The standard InChI is InChI=1S/C14H19NO2S/c1-3-12-14(15-4-2)9-7-10-11(8-13(9)18-12)17-6-5-16-10/h7-8,12,14-15H,3-6H2,1-2H3. The average Bonchev–Trinajstić information content (AvgIpc) is 2.74. The number of ether oxygens (including phenoxy) is 2. The lowest BCUT2D eigenvalue weighted by atomic mass is 10.0. The number of hydrogen-bond donors (Lipinski definition) is 1. The van der Waals surface area contributed by atoms with Crippen molar-refractivity contribution in [2.24, 2.45) is 0 Å². The maximum atomic E-state index is 5.68. The molecule has 0 bridgehead atoms. The minimum Gasteiger partial charge on any atom is -0.486 e. The minimum atomic E-state index is 0.441. The van der Waals surface area contributed by atoms with Crippen LogP contribution in [0.5, 0.6) is 11.5 Å². The molecule has 0 aliphatic carbocycles. The van der Waals surface area contributed by atoms with Crippen LogP contribution < -0.4 is 14.8 Å². The first-order chi connectivity index (χ1) is 8.83. The van der Waals surface area contributed by atoms with Gasteiger partial charge in [-0.1, -0.05) is 13.8 Å². The minimum absolute atomic E-state index is 0.441. The van der Waals surface area contributed by atoms with Crippen LogP contribution in [0, 0.1) is 0 Å². The van der Waals surface area contributed by atoms with E-state index in [1.165, 1.54) is 16.9 Å². The Morgan fingerprint density at radius 2 is 1.94 bits per heavy atom. The van der Waals surface area contributed by atoms with Gasteiger partial charge in [0.15, 0.2) is 11.5 Å². The number of nitrogens with one attached hydrogen (secondary N) is 1. The highest BCUT2D eigenvalue weighted by molar-refractivity contribution is 8.00. The van der Waals surface area contributed by atoms with Crippen LogP contribution in [-0.2, 0) is 0 Å². The molecule has 18 heavy (non-hydrogen) atoms. The summed E-state index contributed by atoms with van der Waals surface area (Å²) in [6, 6.07) is 4.75. The van der Waals surface area contributed by atoms with E-state index in [2.05, 4.69) is 31.3 Å². The molecule has 0 saturated heterocycles. The summed E-state index contributed by atoms with van der Waals surface area (Å²) in [6.07, 6.45) is 1.17. The van der Waals surface area contributed by atoms with E-state index in [1.54, 1.807) is 0 Å². The van der Waals surface area contributed by atoms with E-state index in [4.69, 9.17) is 9.47 Å². The Morgan fingerprint density at radius 1 is 1.22 bits per heavy atom. The van der Waals surface area contributed by atoms with E-state index in [-0.39, 0.29) is 0 Å². The Kier molecular flexibility index (Phi) is 3.39. The van der Waals surface area contributed by atoms with Crippen molar-refractivity contribution in [2.75, 3.05) is 19.8 Å². The van der Waals surface area contributed by atoms with Gasteiger partial charge in [0.05, 0.1) is 0 Å². The maximum absolute atomic E-state index is 5.68. The Labute approximate surface area is 112 Å². The van der Waals surface area contributed by atoms with Crippen molar-refractivity contribution in [3.05, 3.63) is 17.7 Å². The Hall–Kier alpha value is -0.870. The van der Waals surface area contributed by atoms with Gasteiger partial charge in [0.1, 0.15) is 13.2 Å². The largest absolute Gasteiger partial charge is 0.486 e. The van der Waals surface area contributed by atoms with Crippen LogP contribution in [0.25, 0.3) is 0 Å². The van der Waals surface area contributed by atoms with Crippen LogP contribution in [-0.4, -0.2) is 25.0 Å². The third-order valence-corrected chi connectivity index (χ3v) is 5.00. The van der Waals surface area contributed by atoms with Crippen molar-refractivity contribution in [1.29, 1.82) is 0 Å². The third kappa shape index (κ3) is 1.97. The average molecular weight is 265 g/mol. The summed E-state index contributed by atoms with van der Waals surface area (Å²) in [5.41, 5.74) is 1.37. The van der Waals surface area contributed by atoms with Gasteiger partial charge in [0.2, 0.25) is 0 Å². The van der Waals surface area contributed by atoms with E-state index in [0.717, 1.165) is 18.0 Å². The van der Waals surface area contributed by atoms with Gasteiger partial charge in [0.25, 0.3) is 0 Å². The van der Waals surface area contributed by atoms with Crippen molar-refractivity contribution in [1.82, 2.24) is 5.32 Å². The molecule has 2 aliphatic heterocycles. The molecule has 0 saturated carbocycles. The van der Waals surface area contributed by atoms with E-state index in [9.17, 15) is 0 Å². The molecule has 2 aliphatic rings. The highest BCUT2D eigenvalue weighted by atomic mass is 32.2. The summed E-state index contributed by atoms with van der Waals surface area (Å²) in [5.74, 6) is 1.81. The number of rotatable bonds is 3. The Morgan fingerprint density at radius 3 is 2.61 bits per heavy atom.